The van der Waals surface area contributed by atoms with Gasteiger partial charge in [-0.3, -0.25) is 4.79 Å². The third kappa shape index (κ3) is 3.19. The summed E-state index contributed by atoms with van der Waals surface area (Å²) in [5.74, 6) is -2.15. The lowest BCUT2D eigenvalue weighted by atomic mass is 9.99. The number of rotatable bonds is 2. The third-order valence-corrected chi connectivity index (χ3v) is 3.55. The molecule has 1 saturated heterocycles. The quantitative estimate of drug-likeness (QED) is 0.882. The number of hydrogen-bond donors (Lipinski definition) is 2. The molecule has 2 atom stereocenters. The summed E-state index contributed by atoms with van der Waals surface area (Å²) in [6.45, 7) is 2.28. The van der Waals surface area contributed by atoms with Gasteiger partial charge in [0.05, 0.1) is 5.92 Å². The van der Waals surface area contributed by atoms with Crippen LogP contribution in [0.4, 0.5) is 14.9 Å². The van der Waals surface area contributed by atoms with Crippen LogP contribution in [-0.2, 0) is 4.79 Å². The molecule has 5 nitrogen and oxygen atoms in total. The highest BCUT2D eigenvalue weighted by Gasteiger charge is 2.36. The maximum atomic E-state index is 13.2. The molecule has 1 fully saturated rings. The Morgan fingerprint density at radius 1 is 1.40 bits per heavy atom. The lowest BCUT2D eigenvalue weighted by Gasteiger charge is -2.17. The second-order valence-electron chi connectivity index (χ2n) is 4.92. The molecule has 108 valence electrons. The first-order valence-electron chi connectivity index (χ1n) is 6.11. The van der Waals surface area contributed by atoms with Gasteiger partial charge in [0.2, 0.25) is 0 Å². The van der Waals surface area contributed by atoms with Crippen molar-refractivity contribution in [1.29, 1.82) is 0 Å². The van der Waals surface area contributed by atoms with Gasteiger partial charge in [-0.15, -0.1) is 0 Å². The van der Waals surface area contributed by atoms with Gasteiger partial charge in [0.15, 0.2) is 0 Å². The van der Waals surface area contributed by atoms with Crippen molar-refractivity contribution in [3.05, 3.63) is 29.0 Å². The first-order valence-corrected chi connectivity index (χ1v) is 6.49. The Bertz CT molecular complexity index is 532. The molecule has 0 aromatic heterocycles. The smallest absolute Gasteiger partial charge is 0.321 e. The van der Waals surface area contributed by atoms with Gasteiger partial charge in [-0.2, -0.15) is 0 Å². The molecule has 0 spiro atoms. The first kappa shape index (κ1) is 14.6. The van der Waals surface area contributed by atoms with Crippen molar-refractivity contribution in [1.82, 2.24) is 4.90 Å². The molecule has 2 amide bonds. The lowest BCUT2D eigenvalue weighted by Crippen LogP contribution is -2.33. The summed E-state index contributed by atoms with van der Waals surface area (Å²) < 4.78 is 13.2. The molecule has 0 radical (unpaired) electrons. The van der Waals surface area contributed by atoms with E-state index in [0.29, 0.717) is 6.54 Å². The number of nitrogens with zero attached hydrogens (tertiary/aromatic N) is 1. The summed E-state index contributed by atoms with van der Waals surface area (Å²) >= 11 is 5.70. The summed E-state index contributed by atoms with van der Waals surface area (Å²) in [6, 6.07) is 3.26. The molecule has 0 bridgehead atoms. The molecule has 1 aliphatic heterocycles. The number of urea groups is 1. The van der Waals surface area contributed by atoms with Crippen molar-refractivity contribution in [3.63, 3.8) is 0 Å². The van der Waals surface area contributed by atoms with Crippen LogP contribution in [0.1, 0.15) is 6.92 Å². The summed E-state index contributed by atoms with van der Waals surface area (Å²) in [7, 11) is 0. The molecule has 2 N–H and O–H groups in total. The van der Waals surface area contributed by atoms with Crippen molar-refractivity contribution in [2.45, 2.75) is 6.92 Å². The summed E-state index contributed by atoms with van der Waals surface area (Å²) in [5.41, 5.74) is 0.242. The normalized spacial score (nSPS) is 21.9. The highest BCUT2D eigenvalue weighted by atomic mass is 35.5. The Balaban J connectivity index is 2.04. The topological polar surface area (TPSA) is 69.6 Å². The average Bonchev–Trinajstić information content (AvgIpc) is 2.70. The van der Waals surface area contributed by atoms with Gasteiger partial charge in [-0.1, -0.05) is 18.5 Å². The van der Waals surface area contributed by atoms with Gasteiger partial charge in [0, 0.05) is 23.8 Å². The Labute approximate surface area is 120 Å². The number of benzene rings is 1. The number of likely N-dealkylation sites (tertiary alicyclic amines) is 1. The molecule has 0 aliphatic carbocycles. The number of hydrogen-bond acceptors (Lipinski definition) is 2. The minimum Gasteiger partial charge on any atom is -0.481 e. The number of carbonyl (C=O) groups excluding carboxylic acids is 1. The highest BCUT2D eigenvalue weighted by Crippen LogP contribution is 2.24. The van der Waals surface area contributed by atoms with Gasteiger partial charge in [-0.05, 0) is 24.1 Å². The van der Waals surface area contributed by atoms with Gasteiger partial charge in [-0.25, -0.2) is 9.18 Å². The van der Waals surface area contributed by atoms with Crippen LogP contribution < -0.4 is 5.32 Å². The zero-order chi connectivity index (χ0) is 14.9. The maximum absolute atomic E-state index is 13.2. The molecular formula is C13H14ClFN2O3. The fourth-order valence-electron chi connectivity index (χ4n) is 2.28. The summed E-state index contributed by atoms with van der Waals surface area (Å²) in [6.07, 6.45) is 0. The van der Waals surface area contributed by atoms with Crippen LogP contribution in [0.25, 0.3) is 0 Å². The van der Waals surface area contributed by atoms with Crippen molar-refractivity contribution >= 4 is 29.3 Å². The van der Waals surface area contributed by atoms with E-state index in [1.807, 2.05) is 0 Å². The Morgan fingerprint density at radius 2 is 2.10 bits per heavy atom. The molecule has 1 aromatic carbocycles. The Kier molecular flexibility index (Phi) is 4.13. The lowest BCUT2D eigenvalue weighted by molar-refractivity contribution is -0.142. The SMILES string of the molecule is CC1CN(C(=O)Nc2cc(F)cc(Cl)c2)CC1C(=O)O. The number of carbonyl (C=O) groups is 2. The zero-order valence-corrected chi connectivity index (χ0v) is 11.5. The molecule has 20 heavy (non-hydrogen) atoms. The largest absolute Gasteiger partial charge is 0.481 e. The average molecular weight is 301 g/mol. The number of nitrogens with one attached hydrogen (secondary N) is 1. The standard InChI is InChI=1S/C13H14ClFN2O3/c1-7-5-17(6-11(7)12(18)19)13(20)16-10-3-8(14)2-9(15)4-10/h2-4,7,11H,5-6H2,1H3,(H,16,20)(H,18,19). The van der Waals surface area contributed by atoms with Gasteiger partial charge in [0.1, 0.15) is 5.82 Å². The van der Waals surface area contributed by atoms with Crippen LogP contribution in [0.5, 0.6) is 0 Å². The predicted molar refractivity (Wildman–Crippen MR) is 72.3 cm³/mol. The summed E-state index contributed by atoms with van der Waals surface area (Å²) in [5, 5.41) is 11.7. The minimum absolute atomic E-state index is 0.116. The first-order chi connectivity index (χ1) is 9.36. The van der Waals surface area contributed by atoms with Crippen molar-refractivity contribution in [2.75, 3.05) is 18.4 Å². The van der Waals surface area contributed by atoms with E-state index in [1.54, 1.807) is 6.92 Å². The van der Waals surface area contributed by atoms with E-state index >= 15 is 0 Å². The van der Waals surface area contributed by atoms with Crippen LogP contribution in [-0.4, -0.2) is 35.1 Å². The number of anilines is 1. The minimum atomic E-state index is -0.915. The number of carboxylic acid groups (broad SMARTS) is 1. The van der Waals surface area contributed by atoms with Crippen LogP contribution in [0, 0.1) is 17.7 Å². The molecular weight excluding hydrogens is 287 g/mol. The highest BCUT2D eigenvalue weighted by molar-refractivity contribution is 6.30. The van der Waals surface area contributed by atoms with E-state index in [4.69, 9.17) is 16.7 Å². The van der Waals surface area contributed by atoms with Gasteiger partial charge in [0.25, 0.3) is 0 Å². The van der Waals surface area contributed by atoms with E-state index in [2.05, 4.69) is 5.32 Å². The van der Waals surface area contributed by atoms with Crippen LogP contribution >= 0.6 is 11.6 Å². The van der Waals surface area contributed by atoms with E-state index in [0.717, 1.165) is 12.1 Å². The fourth-order valence-corrected chi connectivity index (χ4v) is 2.50. The second-order valence-corrected chi connectivity index (χ2v) is 5.35. The number of aliphatic carboxylic acids is 1. The molecule has 2 unspecified atom stereocenters. The third-order valence-electron chi connectivity index (χ3n) is 3.33. The monoisotopic (exact) mass is 300 g/mol. The zero-order valence-electron chi connectivity index (χ0n) is 10.8. The number of halogens is 2. The Hall–Kier alpha value is -1.82. The van der Waals surface area contributed by atoms with E-state index in [1.165, 1.54) is 11.0 Å². The van der Waals surface area contributed by atoms with Gasteiger partial charge < -0.3 is 15.3 Å². The van der Waals surface area contributed by atoms with Crippen molar-refractivity contribution in [3.8, 4) is 0 Å². The van der Waals surface area contributed by atoms with E-state index in [9.17, 15) is 14.0 Å². The van der Waals surface area contributed by atoms with Crippen LogP contribution in [0.2, 0.25) is 5.02 Å². The molecule has 7 heteroatoms. The second kappa shape index (κ2) is 5.66. The molecule has 1 aromatic rings. The molecule has 2 rings (SSSR count). The van der Waals surface area contributed by atoms with Crippen LogP contribution in [0.3, 0.4) is 0 Å². The van der Waals surface area contributed by atoms with Crippen molar-refractivity contribution in [2.24, 2.45) is 11.8 Å². The van der Waals surface area contributed by atoms with Crippen molar-refractivity contribution < 1.29 is 19.1 Å². The van der Waals surface area contributed by atoms with E-state index in [-0.39, 0.29) is 23.2 Å². The summed E-state index contributed by atoms with van der Waals surface area (Å²) in [4.78, 5) is 24.4. The number of carboxylic acids is 1. The molecule has 1 aliphatic rings. The number of amides is 2. The molecule has 1 heterocycles. The van der Waals surface area contributed by atoms with E-state index < -0.39 is 23.7 Å². The predicted octanol–water partition coefficient (Wildman–Crippen LogP) is 2.66. The maximum Gasteiger partial charge on any atom is 0.321 e. The van der Waals surface area contributed by atoms with Crippen LogP contribution in [0.15, 0.2) is 18.2 Å². The Morgan fingerprint density at radius 3 is 2.65 bits per heavy atom. The molecule has 0 saturated carbocycles. The fraction of sp³-hybridized carbons (Fsp3) is 0.385. The van der Waals surface area contributed by atoms with Gasteiger partial charge >= 0.3 is 12.0 Å².